The summed E-state index contributed by atoms with van der Waals surface area (Å²) < 4.78 is 5.64. The number of nitrogens with two attached hydrogens (primary N) is 1. The first-order valence-electron chi connectivity index (χ1n) is 8.79. The number of likely N-dealkylation sites (N-methyl/N-ethyl adjacent to an activating group) is 1. The molecule has 1 aromatic carbocycles. The maximum Gasteiger partial charge on any atom is 0.228 e. The zero-order valence-corrected chi connectivity index (χ0v) is 15.6. The van der Waals surface area contributed by atoms with Crippen LogP contribution in [0.25, 0.3) is 10.8 Å². The highest BCUT2D eigenvalue weighted by Crippen LogP contribution is 2.19. The number of aromatic nitrogens is 1. The van der Waals surface area contributed by atoms with Crippen LogP contribution in [0.15, 0.2) is 40.6 Å². The Morgan fingerprint density at radius 3 is 3.04 bits per heavy atom. The Morgan fingerprint density at radius 2 is 2.30 bits per heavy atom. The third-order valence-electron chi connectivity index (χ3n) is 4.43. The number of nitrogens with zero attached hydrogens (tertiary/aromatic N) is 4. The average molecular weight is 368 g/mol. The first-order valence-corrected chi connectivity index (χ1v) is 8.79. The Kier molecular flexibility index (Phi) is 6.10. The Morgan fingerprint density at radius 1 is 1.44 bits per heavy atom. The van der Waals surface area contributed by atoms with Crippen LogP contribution < -0.4 is 11.2 Å². The van der Waals surface area contributed by atoms with Gasteiger partial charge in [-0.05, 0) is 24.6 Å². The van der Waals surface area contributed by atoms with Gasteiger partial charge in [0.1, 0.15) is 11.5 Å². The smallest absolute Gasteiger partial charge is 0.228 e. The fourth-order valence-corrected chi connectivity index (χ4v) is 3.06. The number of nitrogens with one attached hydrogen (secondary N) is 1. The summed E-state index contributed by atoms with van der Waals surface area (Å²) >= 11 is 0. The molecular weight excluding hydrogens is 344 g/mol. The molecule has 142 valence electrons. The third-order valence-corrected chi connectivity index (χ3v) is 4.43. The SMILES string of the molecule is CN=CC(=NN)c1ccc2cnc(NC(=O)CC3CN(C)CCO3)cc2c1. The van der Waals surface area contributed by atoms with Crippen molar-refractivity contribution in [1.82, 2.24) is 9.88 Å². The molecule has 0 bridgehead atoms. The molecule has 2 aromatic rings. The summed E-state index contributed by atoms with van der Waals surface area (Å²) in [5.41, 5.74) is 1.43. The van der Waals surface area contributed by atoms with Crippen molar-refractivity contribution in [2.75, 3.05) is 39.1 Å². The van der Waals surface area contributed by atoms with Gasteiger partial charge in [-0.15, -0.1) is 0 Å². The monoisotopic (exact) mass is 368 g/mol. The summed E-state index contributed by atoms with van der Waals surface area (Å²) in [4.78, 5) is 22.8. The summed E-state index contributed by atoms with van der Waals surface area (Å²) in [6, 6.07) is 7.62. The number of hydrogen-bond donors (Lipinski definition) is 2. The number of ether oxygens (including phenoxy) is 1. The molecule has 1 aromatic heterocycles. The number of pyridine rings is 1. The number of carbonyl (C=O) groups is 1. The lowest BCUT2D eigenvalue weighted by molar-refractivity contribution is -0.120. The second-order valence-electron chi connectivity index (χ2n) is 6.54. The lowest BCUT2D eigenvalue weighted by atomic mass is 10.1. The van der Waals surface area contributed by atoms with E-state index in [0.29, 0.717) is 24.6 Å². The Hall–Kier alpha value is -2.84. The molecule has 1 amide bonds. The molecular formula is C19H24N6O2. The van der Waals surface area contributed by atoms with E-state index in [1.165, 1.54) is 0 Å². The normalized spacial score (nSPS) is 18.9. The lowest BCUT2D eigenvalue weighted by Crippen LogP contribution is -2.41. The van der Waals surface area contributed by atoms with E-state index in [1.807, 2.05) is 31.3 Å². The van der Waals surface area contributed by atoms with Crippen LogP contribution in [0.5, 0.6) is 0 Å². The van der Waals surface area contributed by atoms with Gasteiger partial charge in [-0.3, -0.25) is 9.79 Å². The molecule has 0 aliphatic carbocycles. The van der Waals surface area contributed by atoms with Crippen molar-refractivity contribution in [3.8, 4) is 0 Å². The molecule has 0 saturated carbocycles. The highest BCUT2D eigenvalue weighted by molar-refractivity contribution is 6.38. The van der Waals surface area contributed by atoms with E-state index >= 15 is 0 Å². The van der Waals surface area contributed by atoms with Crippen molar-refractivity contribution >= 4 is 34.4 Å². The second kappa shape index (κ2) is 8.70. The fourth-order valence-electron chi connectivity index (χ4n) is 3.06. The van der Waals surface area contributed by atoms with E-state index in [1.54, 1.807) is 19.5 Å². The van der Waals surface area contributed by atoms with Crippen LogP contribution in [-0.4, -0.2) is 67.6 Å². The molecule has 1 atom stereocenters. The van der Waals surface area contributed by atoms with E-state index in [-0.39, 0.29) is 12.0 Å². The van der Waals surface area contributed by atoms with Crippen LogP contribution in [0.4, 0.5) is 5.82 Å². The number of anilines is 1. The number of amides is 1. The molecule has 1 fully saturated rings. The first kappa shape index (κ1) is 18.9. The molecule has 1 unspecified atom stereocenters. The Labute approximate surface area is 158 Å². The van der Waals surface area contributed by atoms with Crippen LogP contribution in [0.2, 0.25) is 0 Å². The third kappa shape index (κ3) is 4.87. The van der Waals surface area contributed by atoms with E-state index in [9.17, 15) is 4.79 Å². The average Bonchev–Trinajstić information content (AvgIpc) is 2.65. The molecule has 1 aliphatic heterocycles. The van der Waals surface area contributed by atoms with E-state index in [0.717, 1.165) is 29.4 Å². The van der Waals surface area contributed by atoms with E-state index < -0.39 is 0 Å². The van der Waals surface area contributed by atoms with Gasteiger partial charge in [0.2, 0.25) is 5.91 Å². The summed E-state index contributed by atoms with van der Waals surface area (Å²) in [5, 5.41) is 8.50. The number of morpholine rings is 1. The zero-order valence-electron chi connectivity index (χ0n) is 15.6. The minimum atomic E-state index is -0.111. The largest absolute Gasteiger partial charge is 0.375 e. The topological polar surface area (TPSA) is 105 Å². The van der Waals surface area contributed by atoms with Crippen LogP contribution in [0.3, 0.4) is 0 Å². The maximum atomic E-state index is 12.3. The van der Waals surface area contributed by atoms with Gasteiger partial charge in [-0.25, -0.2) is 4.98 Å². The number of hydrogen-bond acceptors (Lipinski definition) is 7. The van der Waals surface area contributed by atoms with Crippen LogP contribution in [-0.2, 0) is 9.53 Å². The molecule has 27 heavy (non-hydrogen) atoms. The van der Waals surface area contributed by atoms with Crippen LogP contribution in [0, 0.1) is 0 Å². The van der Waals surface area contributed by atoms with Gasteiger partial charge in [0.05, 0.1) is 19.1 Å². The van der Waals surface area contributed by atoms with Crippen molar-refractivity contribution in [1.29, 1.82) is 0 Å². The maximum absolute atomic E-state index is 12.3. The van der Waals surface area contributed by atoms with Gasteiger partial charge in [-0.2, -0.15) is 5.10 Å². The number of hydrazone groups is 1. The number of fused-ring (bicyclic) bond motifs is 1. The van der Waals surface area contributed by atoms with Gasteiger partial charge in [0, 0.05) is 43.5 Å². The van der Waals surface area contributed by atoms with Gasteiger partial charge >= 0.3 is 0 Å². The molecule has 8 heteroatoms. The molecule has 1 aliphatic rings. The van der Waals surface area contributed by atoms with Crippen molar-refractivity contribution in [3.05, 3.63) is 36.0 Å². The van der Waals surface area contributed by atoms with E-state index in [4.69, 9.17) is 10.6 Å². The van der Waals surface area contributed by atoms with Crippen molar-refractivity contribution in [2.45, 2.75) is 12.5 Å². The van der Waals surface area contributed by atoms with Crippen LogP contribution >= 0.6 is 0 Å². The Balaban J connectivity index is 1.74. The van der Waals surface area contributed by atoms with Gasteiger partial charge in [0.25, 0.3) is 0 Å². The van der Waals surface area contributed by atoms with Gasteiger partial charge in [-0.1, -0.05) is 12.1 Å². The molecule has 1 saturated heterocycles. The number of rotatable bonds is 5. The minimum Gasteiger partial charge on any atom is -0.375 e. The summed E-state index contributed by atoms with van der Waals surface area (Å²) in [7, 11) is 3.69. The van der Waals surface area contributed by atoms with E-state index in [2.05, 4.69) is 25.3 Å². The number of carbonyl (C=O) groups excluding carboxylic acids is 1. The number of aliphatic imine (C=N–C) groups is 1. The quantitative estimate of drug-likeness (QED) is 0.470. The predicted octanol–water partition coefficient (Wildman–Crippen LogP) is 1.26. The summed E-state index contributed by atoms with van der Waals surface area (Å²) in [5.74, 6) is 5.83. The van der Waals surface area contributed by atoms with Crippen LogP contribution in [0.1, 0.15) is 12.0 Å². The Bertz CT molecular complexity index is 880. The lowest BCUT2D eigenvalue weighted by Gasteiger charge is -2.29. The summed E-state index contributed by atoms with van der Waals surface area (Å²) in [6.45, 7) is 2.29. The van der Waals surface area contributed by atoms with Gasteiger partial charge < -0.3 is 20.8 Å². The molecule has 8 nitrogen and oxygen atoms in total. The fraction of sp³-hybridized carbons (Fsp3) is 0.368. The van der Waals surface area contributed by atoms with Crippen molar-refractivity contribution < 1.29 is 9.53 Å². The van der Waals surface area contributed by atoms with Crippen molar-refractivity contribution in [2.24, 2.45) is 15.9 Å². The standard InChI is InChI=1S/C19H24N6O2/c1-21-11-17(24-20)13-3-4-14-10-22-18(8-15(14)7-13)23-19(26)9-16-12-25(2)5-6-27-16/h3-4,7-8,10-11,16H,5-6,9,12,20H2,1-2H3,(H,22,23,26). The molecule has 0 radical (unpaired) electrons. The molecule has 3 N–H and O–H groups in total. The molecule has 3 rings (SSSR count). The van der Waals surface area contributed by atoms with Gasteiger partial charge in [0.15, 0.2) is 0 Å². The van der Waals surface area contributed by atoms with Crippen molar-refractivity contribution in [3.63, 3.8) is 0 Å². The summed E-state index contributed by atoms with van der Waals surface area (Å²) in [6.07, 6.45) is 3.55. The first-order chi connectivity index (χ1) is 13.1. The minimum absolute atomic E-state index is 0.0903. The molecule has 2 heterocycles. The highest BCUT2D eigenvalue weighted by atomic mass is 16.5. The zero-order chi connectivity index (χ0) is 19.2. The second-order valence-corrected chi connectivity index (χ2v) is 6.54. The highest BCUT2D eigenvalue weighted by Gasteiger charge is 2.20. The molecule has 0 spiro atoms. The predicted molar refractivity (Wildman–Crippen MR) is 107 cm³/mol. The number of benzene rings is 1.